The zero-order chi connectivity index (χ0) is 30.9. The number of aryl methyl sites for hydroxylation is 3. The van der Waals surface area contributed by atoms with Gasteiger partial charge in [-0.2, -0.15) is 0 Å². The smallest absolute Gasteiger partial charge is 0.348 e. The molecule has 233 valence electrons. The Morgan fingerprint density at radius 3 is 1.02 bits per heavy atom. The molecule has 0 spiro atoms. The van der Waals surface area contributed by atoms with Gasteiger partial charge in [0.25, 0.3) is 0 Å². The molecule has 0 aliphatic carbocycles. The van der Waals surface area contributed by atoms with E-state index in [0.29, 0.717) is 19.6 Å². The molecule has 0 aromatic carbocycles. The van der Waals surface area contributed by atoms with Crippen molar-refractivity contribution in [2.75, 3.05) is 39.3 Å². The number of nitrogens with zero attached hydrogens (tertiary/aromatic N) is 7. The van der Waals surface area contributed by atoms with Crippen molar-refractivity contribution in [2.45, 2.75) is 20.8 Å². The van der Waals surface area contributed by atoms with Gasteiger partial charge in [0, 0.05) is 55.4 Å². The predicted molar refractivity (Wildman–Crippen MR) is 124 cm³/mol. The van der Waals surface area contributed by atoms with E-state index in [1.54, 1.807) is 19.0 Å². The first kappa shape index (κ1) is 39.4. The standard InChI is InChI=1S/C21H30N10.2ClHO4.Mn/c1-16-19(28-13-25-16)10-22-4-7-31(8-5-23-11-20-17(2)26-14-29-20)9-6-24-12-21-18(3)27-15-30-21;2*2-1(3,4)5;/h10-15H,4-9H2,1-3H3,(H,25,28)(H,26,29)(H,27,30);2*(H,2,3,4,5);/q;;;+2/p-2. The maximum absolute atomic E-state index is 8.49. The zero-order valence-electron chi connectivity index (χ0n) is 22.7. The number of aromatic amines is 3. The molecular weight excluding hydrogens is 646 g/mol. The van der Waals surface area contributed by atoms with Crippen LogP contribution in [0.15, 0.2) is 34.0 Å². The van der Waals surface area contributed by atoms with E-state index in [9.17, 15) is 0 Å². The Labute approximate surface area is 256 Å². The van der Waals surface area contributed by atoms with Crippen molar-refractivity contribution in [2.24, 2.45) is 15.0 Å². The van der Waals surface area contributed by atoms with E-state index in [1.807, 2.05) is 39.4 Å². The number of hydrogen-bond acceptors (Lipinski definition) is 15. The van der Waals surface area contributed by atoms with Crippen molar-refractivity contribution in [1.82, 2.24) is 34.8 Å². The van der Waals surface area contributed by atoms with Gasteiger partial charge in [0.1, 0.15) is 17.1 Å². The van der Waals surface area contributed by atoms with Crippen LogP contribution in [-0.4, -0.2) is 92.7 Å². The van der Waals surface area contributed by atoms with Crippen molar-refractivity contribution in [3.8, 4) is 0 Å². The molecule has 0 amide bonds. The molecule has 3 heterocycles. The van der Waals surface area contributed by atoms with Crippen LogP contribution in [0.4, 0.5) is 0 Å². The Bertz CT molecular complexity index is 1070. The molecule has 18 nitrogen and oxygen atoms in total. The van der Waals surface area contributed by atoms with Crippen LogP contribution in [0.5, 0.6) is 0 Å². The maximum atomic E-state index is 8.49. The quantitative estimate of drug-likeness (QED) is 0.119. The van der Waals surface area contributed by atoms with Gasteiger partial charge < -0.3 is 15.0 Å². The molecule has 42 heavy (non-hydrogen) atoms. The van der Waals surface area contributed by atoms with Crippen molar-refractivity contribution >= 4 is 18.6 Å². The summed E-state index contributed by atoms with van der Waals surface area (Å²) < 4.78 is 67.9. The second kappa shape index (κ2) is 20.3. The van der Waals surface area contributed by atoms with Gasteiger partial charge in [-0.25, -0.2) is 52.2 Å². The van der Waals surface area contributed by atoms with Gasteiger partial charge in [-0.05, 0) is 20.8 Å². The number of nitrogens with one attached hydrogen (secondary N) is 3. The molecule has 1 radical (unpaired) electrons. The molecule has 0 aliphatic heterocycles. The minimum atomic E-state index is -4.94. The second-order valence-corrected chi connectivity index (χ2v) is 9.45. The molecule has 0 fully saturated rings. The molecule has 0 bridgehead atoms. The number of imidazole rings is 3. The normalized spacial score (nSPS) is 12.0. The summed E-state index contributed by atoms with van der Waals surface area (Å²) in [7, 11) is -9.89. The van der Waals surface area contributed by atoms with Crippen molar-refractivity contribution < 1.29 is 74.8 Å². The van der Waals surface area contributed by atoms with Crippen LogP contribution < -0.4 is 37.3 Å². The van der Waals surface area contributed by atoms with Crippen molar-refractivity contribution in [3.05, 3.63) is 53.1 Å². The number of aliphatic imine (C=N–C) groups is 3. The SMILES string of the molecule is Cc1[nH]cnc1C=NCCN(CCN=Cc1nc[nH]c1C)CCN=Cc1nc[nH]c1C.[Mn+2].[O-][Cl+3]([O-])([O-])[O-].[O-][Cl+3]([O-])([O-])[O-]. The van der Waals surface area contributed by atoms with Gasteiger partial charge >= 0.3 is 17.1 Å². The van der Waals surface area contributed by atoms with Crippen LogP contribution in [0, 0.1) is 41.3 Å². The number of hydrogen-bond donors (Lipinski definition) is 3. The monoisotopic (exact) mass is 675 g/mol. The van der Waals surface area contributed by atoms with Crippen LogP contribution in [0.1, 0.15) is 34.2 Å². The van der Waals surface area contributed by atoms with Crippen molar-refractivity contribution in [1.29, 1.82) is 0 Å². The van der Waals surface area contributed by atoms with E-state index in [2.05, 4.69) is 49.8 Å². The molecule has 3 rings (SSSR count). The third kappa shape index (κ3) is 21.1. The number of halogens is 2. The van der Waals surface area contributed by atoms with Crippen LogP contribution in [-0.2, 0) is 17.1 Å². The van der Waals surface area contributed by atoms with E-state index >= 15 is 0 Å². The Morgan fingerprint density at radius 1 is 0.595 bits per heavy atom. The first-order valence-corrected chi connectivity index (χ1v) is 14.1. The number of aromatic nitrogens is 6. The Morgan fingerprint density at radius 2 is 0.833 bits per heavy atom. The van der Waals surface area contributed by atoms with Gasteiger partial charge in [0.15, 0.2) is 0 Å². The summed E-state index contributed by atoms with van der Waals surface area (Å²) >= 11 is 0. The molecule has 0 atom stereocenters. The second-order valence-electron chi connectivity index (χ2n) is 7.94. The Balaban J connectivity index is 0.00000132. The third-order valence-electron chi connectivity index (χ3n) is 4.88. The molecule has 3 N–H and O–H groups in total. The van der Waals surface area contributed by atoms with Gasteiger partial charge in [-0.3, -0.25) is 19.9 Å². The fourth-order valence-corrected chi connectivity index (χ4v) is 2.88. The molecule has 0 saturated heterocycles. The fourth-order valence-electron chi connectivity index (χ4n) is 2.88. The van der Waals surface area contributed by atoms with E-state index in [4.69, 9.17) is 37.3 Å². The summed E-state index contributed by atoms with van der Waals surface area (Å²) in [6, 6.07) is 0. The van der Waals surface area contributed by atoms with Gasteiger partial charge in [0.05, 0.1) is 38.6 Å². The molecule has 0 unspecified atom stereocenters. The van der Waals surface area contributed by atoms with E-state index in [-0.39, 0.29) is 17.1 Å². The summed E-state index contributed by atoms with van der Waals surface area (Å²) in [5.41, 5.74) is 5.70. The minimum Gasteiger partial charge on any atom is -0.348 e. The summed E-state index contributed by atoms with van der Waals surface area (Å²) in [5.74, 6) is 0. The number of rotatable bonds is 12. The van der Waals surface area contributed by atoms with Crippen LogP contribution in [0.25, 0.3) is 0 Å². The summed E-state index contributed by atoms with van der Waals surface area (Å²) in [6.07, 6.45) is 10.5. The van der Waals surface area contributed by atoms with E-state index in [1.165, 1.54) is 0 Å². The van der Waals surface area contributed by atoms with Crippen LogP contribution in [0.2, 0.25) is 0 Å². The maximum Gasteiger partial charge on any atom is 2.00 e. The minimum absolute atomic E-state index is 0. The molecule has 0 aliphatic rings. The zero-order valence-corrected chi connectivity index (χ0v) is 25.4. The summed E-state index contributed by atoms with van der Waals surface area (Å²) in [4.78, 5) is 37.8. The Hall–Kier alpha value is -2.62. The summed E-state index contributed by atoms with van der Waals surface area (Å²) in [6.45, 7) is 10.5. The van der Waals surface area contributed by atoms with E-state index < -0.39 is 20.5 Å². The topological polar surface area (TPSA) is 311 Å². The predicted octanol–water partition coefficient (Wildman–Crippen LogP) is -7.77. The summed E-state index contributed by atoms with van der Waals surface area (Å²) in [5, 5.41) is 0. The molecule has 0 saturated carbocycles. The average Bonchev–Trinajstić information content (AvgIpc) is 3.56. The molecule has 21 heteroatoms. The largest absolute Gasteiger partial charge is 2.00 e. The van der Waals surface area contributed by atoms with Gasteiger partial charge in [-0.1, -0.05) is 0 Å². The number of H-pyrrole nitrogens is 3. The fraction of sp³-hybridized carbons (Fsp3) is 0.429. The van der Waals surface area contributed by atoms with E-state index in [0.717, 1.165) is 53.8 Å². The first-order valence-electron chi connectivity index (χ1n) is 11.6. The van der Waals surface area contributed by atoms with Crippen LogP contribution in [0.3, 0.4) is 0 Å². The van der Waals surface area contributed by atoms with Gasteiger partial charge in [-0.15, -0.1) is 20.5 Å². The average molecular weight is 676 g/mol. The third-order valence-corrected chi connectivity index (χ3v) is 4.88. The Kier molecular flexibility index (Phi) is 19.0. The van der Waals surface area contributed by atoms with Crippen molar-refractivity contribution in [3.63, 3.8) is 0 Å². The molecular formula is C21H30Cl2MnN10O8. The van der Waals surface area contributed by atoms with Crippen LogP contribution >= 0.6 is 0 Å². The van der Waals surface area contributed by atoms with Gasteiger partial charge in [0.2, 0.25) is 0 Å². The molecule has 3 aromatic heterocycles. The molecule has 3 aromatic rings. The first-order chi connectivity index (χ1) is 19.1.